The minimum absolute atomic E-state index is 0.0415. The monoisotopic (exact) mass is 331 g/mol. The van der Waals surface area contributed by atoms with E-state index in [1.54, 1.807) is 24.3 Å². The van der Waals surface area contributed by atoms with Crippen molar-refractivity contribution in [2.75, 3.05) is 18.5 Å². The Hall–Kier alpha value is -2.10. The molecule has 1 aromatic rings. The van der Waals surface area contributed by atoms with E-state index in [0.29, 0.717) is 5.56 Å². The number of nitrogens with zero attached hydrogens (tertiary/aromatic N) is 1. The summed E-state index contributed by atoms with van der Waals surface area (Å²) in [5.74, 6) is -0.143. The van der Waals surface area contributed by atoms with Gasteiger partial charge in [0, 0.05) is 5.69 Å². The lowest BCUT2D eigenvalue weighted by atomic mass is 9.83. The molecule has 24 heavy (non-hydrogen) atoms. The van der Waals surface area contributed by atoms with Crippen molar-refractivity contribution in [1.82, 2.24) is 5.32 Å². The first-order valence-electron chi connectivity index (χ1n) is 8.46. The summed E-state index contributed by atoms with van der Waals surface area (Å²) in [4.78, 5) is 12.0. The Morgan fingerprint density at radius 2 is 1.92 bits per heavy atom. The molecular weight excluding hydrogens is 306 g/mol. The van der Waals surface area contributed by atoms with Crippen LogP contribution in [0.3, 0.4) is 0 Å². The first-order valence-corrected chi connectivity index (χ1v) is 8.46. The number of amides is 1. The average Bonchev–Trinajstić information content (AvgIpc) is 2.65. The number of aliphatic hydroxyl groups excluding tert-OH is 2. The smallest absolute Gasteiger partial charge is 0.239 e. The van der Waals surface area contributed by atoms with Crippen molar-refractivity contribution in [3.63, 3.8) is 0 Å². The normalized spacial score (nSPS) is 17.5. The van der Waals surface area contributed by atoms with E-state index >= 15 is 0 Å². The lowest BCUT2D eigenvalue weighted by Crippen LogP contribution is -2.50. The van der Waals surface area contributed by atoms with E-state index in [1.165, 1.54) is 6.42 Å². The van der Waals surface area contributed by atoms with Crippen LogP contribution in [-0.2, 0) is 4.79 Å². The van der Waals surface area contributed by atoms with E-state index in [4.69, 9.17) is 5.26 Å². The molecule has 0 aliphatic heterocycles. The summed E-state index contributed by atoms with van der Waals surface area (Å²) < 4.78 is 0. The van der Waals surface area contributed by atoms with Crippen molar-refractivity contribution in [3.05, 3.63) is 29.8 Å². The highest BCUT2D eigenvalue weighted by atomic mass is 16.3. The first-order chi connectivity index (χ1) is 11.6. The number of carbonyl (C=O) groups excluding carboxylic acids is 1. The van der Waals surface area contributed by atoms with Gasteiger partial charge in [-0.3, -0.25) is 4.79 Å². The predicted octanol–water partition coefficient (Wildman–Crippen LogP) is 1.39. The van der Waals surface area contributed by atoms with E-state index in [-0.39, 0.29) is 25.0 Å². The summed E-state index contributed by atoms with van der Waals surface area (Å²) in [6.45, 7) is -0.236. The van der Waals surface area contributed by atoms with Gasteiger partial charge in [0.05, 0.1) is 36.9 Å². The molecule has 2 unspecified atom stereocenters. The van der Waals surface area contributed by atoms with Crippen LogP contribution in [0.25, 0.3) is 0 Å². The number of anilines is 1. The maximum atomic E-state index is 12.0. The van der Waals surface area contributed by atoms with Gasteiger partial charge < -0.3 is 20.8 Å². The molecule has 0 radical (unpaired) electrons. The van der Waals surface area contributed by atoms with E-state index in [9.17, 15) is 15.0 Å². The third-order valence-corrected chi connectivity index (χ3v) is 4.56. The fourth-order valence-corrected chi connectivity index (χ4v) is 3.15. The van der Waals surface area contributed by atoms with Crippen LogP contribution < -0.4 is 10.6 Å². The second kappa shape index (κ2) is 9.26. The van der Waals surface area contributed by atoms with Crippen molar-refractivity contribution < 1.29 is 15.0 Å². The third kappa shape index (κ3) is 5.22. The SMILES string of the molecule is N#Cc1ccc(NCC(=O)NC(CO)C(O)C2CCCCC2)cc1. The highest BCUT2D eigenvalue weighted by Crippen LogP contribution is 2.27. The van der Waals surface area contributed by atoms with Crippen LogP contribution in [0, 0.1) is 17.2 Å². The molecule has 2 atom stereocenters. The minimum Gasteiger partial charge on any atom is -0.394 e. The fraction of sp³-hybridized carbons (Fsp3) is 0.556. The maximum Gasteiger partial charge on any atom is 0.239 e. The number of carbonyl (C=O) groups is 1. The van der Waals surface area contributed by atoms with Gasteiger partial charge in [-0.25, -0.2) is 0 Å². The van der Waals surface area contributed by atoms with E-state index in [1.807, 2.05) is 6.07 Å². The number of nitriles is 1. The Kier molecular flexibility index (Phi) is 7.04. The summed E-state index contributed by atoms with van der Waals surface area (Å²) in [5.41, 5.74) is 1.29. The minimum atomic E-state index is -0.714. The standard InChI is InChI=1S/C18H25N3O3/c19-10-13-6-8-15(9-7-13)20-11-17(23)21-16(12-22)18(24)14-4-2-1-3-5-14/h6-9,14,16,18,20,22,24H,1-5,11-12H2,(H,21,23). The summed E-state index contributed by atoms with van der Waals surface area (Å²) in [7, 11) is 0. The van der Waals surface area contributed by atoms with E-state index in [0.717, 1.165) is 31.4 Å². The summed E-state index contributed by atoms with van der Waals surface area (Å²) in [6, 6.07) is 8.20. The van der Waals surface area contributed by atoms with Crippen LogP contribution in [0.15, 0.2) is 24.3 Å². The summed E-state index contributed by atoms with van der Waals surface area (Å²) in [5, 5.41) is 34.3. The van der Waals surface area contributed by atoms with Gasteiger partial charge in [0.1, 0.15) is 0 Å². The van der Waals surface area contributed by atoms with Crippen LogP contribution in [0.5, 0.6) is 0 Å². The van der Waals surface area contributed by atoms with Crippen LogP contribution in [0.1, 0.15) is 37.7 Å². The zero-order chi connectivity index (χ0) is 17.4. The third-order valence-electron chi connectivity index (χ3n) is 4.56. The largest absolute Gasteiger partial charge is 0.394 e. The quantitative estimate of drug-likeness (QED) is 0.604. The number of hydrogen-bond acceptors (Lipinski definition) is 5. The lowest BCUT2D eigenvalue weighted by molar-refractivity contribution is -0.122. The predicted molar refractivity (Wildman–Crippen MR) is 91.2 cm³/mol. The molecule has 1 saturated carbocycles. The van der Waals surface area contributed by atoms with Crippen LogP contribution >= 0.6 is 0 Å². The van der Waals surface area contributed by atoms with E-state index in [2.05, 4.69) is 10.6 Å². The number of hydrogen-bond donors (Lipinski definition) is 4. The molecule has 1 aliphatic carbocycles. The Morgan fingerprint density at radius 1 is 1.25 bits per heavy atom. The molecule has 6 heteroatoms. The highest BCUT2D eigenvalue weighted by Gasteiger charge is 2.29. The molecule has 0 saturated heterocycles. The molecule has 1 amide bonds. The Balaban J connectivity index is 1.81. The average molecular weight is 331 g/mol. The number of aliphatic hydroxyl groups is 2. The van der Waals surface area contributed by atoms with Gasteiger partial charge in [0.2, 0.25) is 5.91 Å². The second-order valence-electron chi connectivity index (χ2n) is 6.29. The zero-order valence-electron chi connectivity index (χ0n) is 13.7. The molecule has 2 rings (SSSR count). The van der Waals surface area contributed by atoms with Crippen molar-refractivity contribution >= 4 is 11.6 Å². The van der Waals surface area contributed by atoms with Gasteiger partial charge in [0.15, 0.2) is 0 Å². The molecule has 0 heterocycles. The van der Waals surface area contributed by atoms with Crippen molar-refractivity contribution in [3.8, 4) is 6.07 Å². The second-order valence-corrected chi connectivity index (χ2v) is 6.29. The van der Waals surface area contributed by atoms with Gasteiger partial charge in [-0.15, -0.1) is 0 Å². The maximum absolute atomic E-state index is 12.0. The highest BCUT2D eigenvalue weighted by molar-refractivity contribution is 5.81. The zero-order valence-corrected chi connectivity index (χ0v) is 13.7. The molecule has 130 valence electrons. The fourth-order valence-electron chi connectivity index (χ4n) is 3.15. The number of rotatable bonds is 7. The topological polar surface area (TPSA) is 105 Å². The van der Waals surface area contributed by atoms with Crippen LogP contribution in [-0.4, -0.2) is 41.4 Å². The van der Waals surface area contributed by atoms with Gasteiger partial charge in [-0.05, 0) is 43.0 Å². The van der Waals surface area contributed by atoms with Crippen molar-refractivity contribution in [1.29, 1.82) is 5.26 Å². The molecule has 1 fully saturated rings. The molecular formula is C18H25N3O3. The van der Waals surface area contributed by atoms with Crippen LogP contribution in [0.2, 0.25) is 0 Å². The molecule has 0 spiro atoms. The Morgan fingerprint density at radius 3 is 2.50 bits per heavy atom. The van der Waals surface area contributed by atoms with Crippen molar-refractivity contribution in [2.45, 2.75) is 44.2 Å². The van der Waals surface area contributed by atoms with Crippen LogP contribution in [0.4, 0.5) is 5.69 Å². The first kappa shape index (κ1) is 18.2. The number of benzene rings is 1. The van der Waals surface area contributed by atoms with Gasteiger partial charge >= 0.3 is 0 Å². The van der Waals surface area contributed by atoms with E-state index < -0.39 is 12.1 Å². The molecule has 1 aliphatic rings. The molecule has 0 aromatic heterocycles. The number of nitrogens with one attached hydrogen (secondary N) is 2. The summed E-state index contributed by atoms with van der Waals surface area (Å²) >= 11 is 0. The van der Waals surface area contributed by atoms with Crippen molar-refractivity contribution in [2.24, 2.45) is 5.92 Å². The molecule has 0 bridgehead atoms. The molecule has 6 nitrogen and oxygen atoms in total. The van der Waals surface area contributed by atoms with Gasteiger partial charge in [0.25, 0.3) is 0 Å². The van der Waals surface area contributed by atoms with Gasteiger partial charge in [-0.1, -0.05) is 19.3 Å². The van der Waals surface area contributed by atoms with Gasteiger partial charge in [-0.2, -0.15) is 5.26 Å². The Bertz CT molecular complexity index is 562. The molecule has 4 N–H and O–H groups in total. The summed E-state index contributed by atoms with van der Waals surface area (Å²) in [6.07, 6.45) is 4.54. The Labute approximate surface area is 142 Å². The lowest BCUT2D eigenvalue weighted by Gasteiger charge is -2.31. The molecule has 1 aromatic carbocycles.